The van der Waals surface area contributed by atoms with Crippen LogP contribution < -0.4 is 0 Å². The summed E-state index contributed by atoms with van der Waals surface area (Å²) in [4.78, 5) is 0. The van der Waals surface area contributed by atoms with Crippen LogP contribution in [0.2, 0.25) is 0 Å². The number of hydrogen-bond acceptors (Lipinski definition) is 0. The van der Waals surface area contributed by atoms with Crippen molar-refractivity contribution >= 4 is 0 Å². The molecular weight excluding hydrogens is 216 g/mol. The van der Waals surface area contributed by atoms with Gasteiger partial charge in [0.15, 0.2) is 0 Å². The van der Waals surface area contributed by atoms with Crippen molar-refractivity contribution in [2.45, 2.75) is 91.9 Å². The third-order valence-corrected chi connectivity index (χ3v) is 5.42. The average molecular weight is 252 g/mol. The van der Waals surface area contributed by atoms with Gasteiger partial charge in [0.05, 0.1) is 0 Å². The third-order valence-electron chi connectivity index (χ3n) is 5.42. The molecule has 4 atom stereocenters. The number of rotatable bonds is 2. The molecular formula is C18H36. The molecule has 0 aromatic heterocycles. The molecule has 1 rings (SSSR count). The Balaban J connectivity index is 2.56. The van der Waals surface area contributed by atoms with Gasteiger partial charge in [0.25, 0.3) is 0 Å². The summed E-state index contributed by atoms with van der Waals surface area (Å²) in [5.74, 6) is 3.94. The first-order valence-electron chi connectivity index (χ1n) is 8.67. The molecule has 1 aliphatic carbocycles. The van der Waals surface area contributed by atoms with Crippen LogP contribution in [0.5, 0.6) is 0 Å². The van der Waals surface area contributed by atoms with Crippen molar-refractivity contribution in [3.63, 3.8) is 0 Å². The quantitative estimate of drug-likeness (QED) is 0.530. The number of hydrogen-bond donors (Lipinski definition) is 0. The molecule has 1 saturated carbocycles. The van der Waals surface area contributed by atoms with Gasteiger partial charge in [0.2, 0.25) is 0 Å². The van der Waals surface area contributed by atoms with Crippen LogP contribution in [0.3, 0.4) is 0 Å². The molecule has 0 aromatic carbocycles. The third kappa shape index (κ3) is 5.76. The minimum absolute atomic E-state index is 0.964. The van der Waals surface area contributed by atoms with Gasteiger partial charge in [-0.2, -0.15) is 0 Å². The van der Waals surface area contributed by atoms with Crippen LogP contribution in [0.4, 0.5) is 0 Å². The highest BCUT2D eigenvalue weighted by molar-refractivity contribution is 4.72. The molecule has 0 spiro atoms. The van der Waals surface area contributed by atoms with Crippen molar-refractivity contribution in [3.05, 3.63) is 0 Å². The monoisotopic (exact) mass is 252 g/mol. The van der Waals surface area contributed by atoms with Crippen molar-refractivity contribution < 1.29 is 0 Å². The van der Waals surface area contributed by atoms with E-state index in [9.17, 15) is 0 Å². The first kappa shape index (κ1) is 16.1. The van der Waals surface area contributed by atoms with Crippen molar-refractivity contribution in [1.29, 1.82) is 0 Å². The average Bonchev–Trinajstić information content (AvgIpc) is 2.37. The minimum atomic E-state index is 0.964. The van der Waals surface area contributed by atoms with Gasteiger partial charge in [-0.3, -0.25) is 0 Å². The van der Waals surface area contributed by atoms with E-state index < -0.39 is 0 Å². The molecule has 0 heterocycles. The SMILES string of the molecule is CCC1CCC(C)CCCCC(C)CCC1CC. The van der Waals surface area contributed by atoms with Crippen molar-refractivity contribution in [2.75, 3.05) is 0 Å². The topological polar surface area (TPSA) is 0 Å². The van der Waals surface area contributed by atoms with E-state index in [1.807, 2.05) is 0 Å². The predicted octanol–water partition coefficient (Wildman–Crippen LogP) is 6.45. The molecule has 0 radical (unpaired) electrons. The normalized spacial score (nSPS) is 36.7. The fourth-order valence-corrected chi connectivity index (χ4v) is 3.82. The lowest BCUT2D eigenvalue weighted by molar-refractivity contribution is 0.234. The summed E-state index contributed by atoms with van der Waals surface area (Å²) < 4.78 is 0. The van der Waals surface area contributed by atoms with E-state index in [1.165, 1.54) is 64.2 Å². The Morgan fingerprint density at radius 3 is 1.33 bits per heavy atom. The molecule has 0 nitrogen and oxygen atoms in total. The Hall–Kier alpha value is 0. The Morgan fingerprint density at radius 1 is 0.611 bits per heavy atom. The van der Waals surface area contributed by atoms with E-state index in [1.54, 1.807) is 0 Å². The van der Waals surface area contributed by atoms with Crippen molar-refractivity contribution in [2.24, 2.45) is 23.7 Å². The predicted molar refractivity (Wildman–Crippen MR) is 82.8 cm³/mol. The van der Waals surface area contributed by atoms with Crippen LogP contribution in [-0.2, 0) is 0 Å². The van der Waals surface area contributed by atoms with Gasteiger partial charge < -0.3 is 0 Å². The molecule has 18 heavy (non-hydrogen) atoms. The molecule has 0 amide bonds. The zero-order chi connectivity index (χ0) is 13.4. The summed E-state index contributed by atoms with van der Waals surface area (Å²) in [6.07, 6.45) is 14.6. The van der Waals surface area contributed by atoms with E-state index in [2.05, 4.69) is 27.7 Å². The summed E-state index contributed by atoms with van der Waals surface area (Å²) in [5.41, 5.74) is 0. The molecule has 0 bridgehead atoms. The molecule has 4 unspecified atom stereocenters. The molecule has 1 fully saturated rings. The minimum Gasteiger partial charge on any atom is -0.0651 e. The smallest absolute Gasteiger partial charge is 0.0388 e. The molecule has 0 N–H and O–H groups in total. The Bertz CT molecular complexity index is 174. The summed E-state index contributed by atoms with van der Waals surface area (Å²) >= 11 is 0. The Morgan fingerprint density at radius 2 is 1.00 bits per heavy atom. The second-order valence-electron chi connectivity index (χ2n) is 6.99. The van der Waals surface area contributed by atoms with Gasteiger partial charge in [0.1, 0.15) is 0 Å². The van der Waals surface area contributed by atoms with E-state index in [-0.39, 0.29) is 0 Å². The summed E-state index contributed by atoms with van der Waals surface area (Å²) in [6.45, 7) is 9.77. The van der Waals surface area contributed by atoms with Crippen molar-refractivity contribution in [3.8, 4) is 0 Å². The van der Waals surface area contributed by atoms with Crippen LogP contribution in [-0.4, -0.2) is 0 Å². The lowest BCUT2D eigenvalue weighted by Crippen LogP contribution is -2.16. The molecule has 1 aliphatic rings. The second-order valence-corrected chi connectivity index (χ2v) is 6.99. The first-order chi connectivity index (χ1) is 8.67. The van der Waals surface area contributed by atoms with E-state index in [0.29, 0.717) is 0 Å². The van der Waals surface area contributed by atoms with Gasteiger partial charge in [0, 0.05) is 0 Å². The maximum atomic E-state index is 2.48. The van der Waals surface area contributed by atoms with Crippen LogP contribution in [0, 0.1) is 23.7 Å². The summed E-state index contributed by atoms with van der Waals surface area (Å²) in [6, 6.07) is 0. The van der Waals surface area contributed by atoms with E-state index in [0.717, 1.165) is 23.7 Å². The zero-order valence-corrected chi connectivity index (χ0v) is 13.4. The highest BCUT2D eigenvalue weighted by Gasteiger charge is 2.20. The molecule has 0 aromatic rings. The molecule has 0 heteroatoms. The van der Waals surface area contributed by atoms with Crippen LogP contribution in [0.1, 0.15) is 91.9 Å². The van der Waals surface area contributed by atoms with Gasteiger partial charge in [-0.25, -0.2) is 0 Å². The van der Waals surface area contributed by atoms with Crippen LogP contribution in [0.15, 0.2) is 0 Å². The van der Waals surface area contributed by atoms with Crippen LogP contribution >= 0.6 is 0 Å². The van der Waals surface area contributed by atoms with Gasteiger partial charge in [-0.05, 0) is 36.5 Å². The highest BCUT2D eigenvalue weighted by atomic mass is 14.3. The standard InChI is InChI=1S/C18H36/c1-5-17-13-11-15(3)9-7-8-10-16(4)12-14-18(17)6-2/h15-18H,5-14H2,1-4H3. The first-order valence-corrected chi connectivity index (χ1v) is 8.67. The van der Waals surface area contributed by atoms with Gasteiger partial charge in [-0.15, -0.1) is 0 Å². The summed E-state index contributed by atoms with van der Waals surface area (Å²) in [5, 5.41) is 0. The fraction of sp³-hybridized carbons (Fsp3) is 1.00. The Kier molecular flexibility index (Phi) is 8.02. The largest absolute Gasteiger partial charge is 0.0651 e. The lowest BCUT2D eigenvalue weighted by Gasteiger charge is -2.28. The van der Waals surface area contributed by atoms with Crippen LogP contribution in [0.25, 0.3) is 0 Å². The summed E-state index contributed by atoms with van der Waals surface area (Å²) in [7, 11) is 0. The maximum Gasteiger partial charge on any atom is -0.0388 e. The zero-order valence-electron chi connectivity index (χ0n) is 13.4. The lowest BCUT2D eigenvalue weighted by atomic mass is 9.78. The Labute approximate surface area is 116 Å². The second kappa shape index (κ2) is 8.99. The molecule has 0 saturated heterocycles. The highest BCUT2D eigenvalue weighted by Crippen LogP contribution is 2.33. The fourth-order valence-electron chi connectivity index (χ4n) is 3.82. The van der Waals surface area contributed by atoms with Gasteiger partial charge in [-0.1, -0.05) is 79.1 Å². The van der Waals surface area contributed by atoms with E-state index in [4.69, 9.17) is 0 Å². The van der Waals surface area contributed by atoms with Gasteiger partial charge >= 0.3 is 0 Å². The molecule has 0 aliphatic heterocycles. The molecule has 108 valence electrons. The van der Waals surface area contributed by atoms with E-state index >= 15 is 0 Å². The van der Waals surface area contributed by atoms with Crippen molar-refractivity contribution in [1.82, 2.24) is 0 Å². The maximum absolute atomic E-state index is 2.48.